The van der Waals surface area contributed by atoms with Gasteiger partial charge in [-0.15, -0.1) is 0 Å². The molecule has 1 aromatic carbocycles. The number of hydrogen-bond donors (Lipinski definition) is 2. The van der Waals surface area contributed by atoms with Gasteiger partial charge in [-0.05, 0) is 36.6 Å². The van der Waals surface area contributed by atoms with E-state index in [1.807, 2.05) is 0 Å². The summed E-state index contributed by atoms with van der Waals surface area (Å²) in [6.45, 7) is 1.83. The Morgan fingerprint density at radius 2 is 2.33 bits per heavy atom. The lowest BCUT2D eigenvalue weighted by Gasteiger charge is -2.12. The van der Waals surface area contributed by atoms with Crippen LogP contribution in [0.2, 0.25) is 0 Å². The highest BCUT2D eigenvalue weighted by molar-refractivity contribution is 5.41. The molecule has 2 rings (SSSR count). The molecule has 1 aromatic rings. The molecule has 0 aliphatic carbocycles. The maximum atomic E-state index is 13.3. The molecule has 1 fully saturated rings. The Balaban J connectivity index is 2.35. The van der Waals surface area contributed by atoms with Crippen molar-refractivity contribution in [1.82, 2.24) is 5.32 Å². The lowest BCUT2D eigenvalue weighted by Crippen LogP contribution is -2.08. The van der Waals surface area contributed by atoms with Crippen molar-refractivity contribution in [2.24, 2.45) is 0 Å². The highest BCUT2D eigenvalue weighted by Crippen LogP contribution is 2.32. The van der Waals surface area contributed by atoms with Crippen LogP contribution in [-0.4, -0.2) is 25.3 Å². The number of rotatable bonds is 2. The van der Waals surface area contributed by atoms with E-state index in [1.54, 1.807) is 6.07 Å². The number of phenols is 1. The van der Waals surface area contributed by atoms with Crippen molar-refractivity contribution in [2.45, 2.75) is 12.3 Å². The van der Waals surface area contributed by atoms with E-state index in [0.29, 0.717) is 5.92 Å². The van der Waals surface area contributed by atoms with Crippen molar-refractivity contribution in [3.05, 3.63) is 23.5 Å². The van der Waals surface area contributed by atoms with Gasteiger partial charge in [0, 0.05) is 6.54 Å². The number of benzene rings is 1. The molecular weight excluding hydrogens is 197 g/mol. The molecule has 4 heteroatoms. The van der Waals surface area contributed by atoms with Crippen LogP contribution in [0.5, 0.6) is 11.5 Å². The lowest BCUT2D eigenvalue weighted by molar-refractivity contribution is 0.363. The molecule has 1 aliphatic rings. The maximum Gasteiger partial charge on any atom is 0.206 e. The van der Waals surface area contributed by atoms with Gasteiger partial charge in [-0.2, -0.15) is 4.39 Å². The minimum absolute atomic E-state index is 0.108. The summed E-state index contributed by atoms with van der Waals surface area (Å²) in [5, 5.41) is 12.6. The van der Waals surface area contributed by atoms with Gasteiger partial charge in [0.2, 0.25) is 5.82 Å². The fraction of sp³-hybridized carbons (Fsp3) is 0.455. The van der Waals surface area contributed by atoms with Crippen molar-refractivity contribution in [3.63, 3.8) is 0 Å². The molecule has 1 atom stereocenters. The van der Waals surface area contributed by atoms with Gasteiger partial charge >= 0.3 is 0 Å². The third kappa shape index (κ3) is 1.90. The van der Waals surface area contributed by atoms with E-state index in [2.05, 4.69) is 5.32 Å². The third-order valence-electron chi connectivity index (χ3n) is 2.79. The van der Waals surface area contributed by atoms with Crippen molar-refractivity contribution >= 4 is 0 Å². The Morgan fingerprint density at radius 1 is 1.53 bits per heavy atom. The van der Waals surface area contributed by atoms with E-state index < -0.39 is 5.82 Å². The van der Waals surface area contributed by atoms with Crippen LogP contribution in [0.15, 0.2) is 12.1 Å². The molecule has 1 heterocycles. The van der Waals surface area contributed by atoms with Gasteiger partial charge in [0.1, 0.15) is 0 Å². The summed E-state index contributed by atoms with van der Waals surface area (Å²) in [7, 11) is 1.40. The smallest absolute Gasteiger partial charge is 0.206 e. The van der Waals surface area contributed by atoms with E-state index in [0.717, 1.165) is 25.1 Å². The van der Waals surface area contributed by atoms with Crippen LogP contribution < -0.4 is 10.1 Å². The third-order valence-corrected chi connectivity index (χ3v) is 2.79. The highest BCUT2D eigenvalue weighted by atomic mass is 19.1. The summed E-state index contributed by atoms with van der Waals surface area (Å²) in [6, 6.07) is 3.14. The summed E-state index contributed by atoms with van der Waals surface area (Å²) in [6.07, 6.45) is 1.01. The van der Waals surface area contributed by atoms with Crippen molar-refractivity contribution < 1.29 is 14.2 Å². The van der Waals surface area contributed by atoms with Crippen LogP contribution in [0, 0.1) is 5.82 Å². The fourth-order valence-electron chi connectivity index (χ4n) is 1.93. The van der Waals surface area contributed by atoms with Crippen molar-refractivity contribution in [1.29, 1.82) is 0 Å². The van der Waals surface area contributed by atoms with Gasteiger partial charge in [0.25, 0.3) is 0 Å². The van der Waals surface area contributed by atoms with E-state index in [1.165, 1.54) is 13.2 Å². The maximum absolute atomic E-state index is 13.3. The van der Waals surface area contributed by atoms with Crippen LogP contribution in [-0.2, 0) is 0 Å². The first-order valence-electron chi connectivity index (χ1n) is 4.99. The summed E-state index contributed by atoms with van der Waals surface area (Å²) in [4.78, 5) is 0. The SMILES string of the molecule is COc1cc(C2CCNC2)cc(O)c1F. The van der Waals surface area contributed by atoms with Gasteiger partial charge < -0.3 is 15.2 Å². The van der Waals surface area contributed by atoms with Crippen molar-refractivity contribution in [2.75, 3.05) is 20.2 Å². The standard InChI is InChI=1S/C11H14FNO2/c1-15-10-5-8(4-9(14)11(10)12)7-2-3-13-6-7/h4-5,7,13-14H,2-3,6H2,1H3. The largest absolute Gasteiger partial charge is 0.505 e. The Labute approximate surface area is 87.9 Å². The minimum Gasteiger partial charge on any atom is -0.505 e. The lowest BCUT2D eigenvalue weighted by atomic mass is 9.98. The molecule has 0 aromatic heterocycles. The zero-order chi connectivity index (χ0) is 10.8. The van der Waals surface area contributed by atoms with Crippen molar-refractivity contribution in [3.8, 4) is 11.5 Å². The predicted octanol–water partition coefficient (Wildman–Crippen LogP) is 1.62. The number of halogens is 1. The molecule has 0 radical (unpaired) electrons. The van der Waals surface area contributed by atoms with E-state index >= 15 is 0 Å². The minimum atomic E-state index is -0.688. The average Bonchev–Trinajstić information content (AvgIpc) is 2.75. The second-order valence-corrected chi connectivity index (χ2v) is 3.75. The molecule has 0 amide bonds. The zero-order valence-corrected chi connectivity index (χ0v) is 8.59. The van der Waals surface area contributed by atoms with Crippen LogP contribution >= 0.6 is 0 Å². The molecule has 82 valence electrons. The number of phenolic OH excluding ortho intramolecular Hbond substituents is 1. The normalized spacial score (nSPS) is 20.5. The monoisotopic (exact) mass is 211 g/mol. The first-order valence-corrected chi connectivity index (χ1v) is 4.99. The molecule has 3 nitrogen and oxygen atoms in total. The fourth-order valence-corrected chi connectivity index (χ4v) is 1.93. The van der Waals surface area contributed by atoms with E-state index in [9.17, 15) is 9.50 Å². The van der Waals surface area contributed by atoms with Crippen LogP contribution in [0.3, 0.4) is 0 Å². The Hall–Kier alpha value is -1.29. The topological polar surface area (TPSA) is 41.5 Å². The number of nitrogens with one attached hydrogen (secondary N) is 1. The average molecular weight is 211 g/mol. The second kappa shape index (κ2) is 4.06. The predicted molar refractivity (Wildman–Crippen MR) is 54.8 cm³/mol. The number of methoxy groups -OCH3 is 1. The van der Waals surface area contributed by atoms with Gasteiger partial charge in [-0.25, -0.2) is 0 Å². The molecular formula is C11H14FNO2. The van der Waals surface area contributed by atoms with Gasteiger partial charge in [0.15, 0.2) is 11.5 Å². The molecule has 0 saturated carbocycles. The Bertz CT molecular complexity index is 362. The van der Waals surface area contributed by atoms with E-state index in [-0.39, 0.29) is 11.5 Å². The van der Waals surface area contributed by atoms with Gasteiger partial charge in [-0.1, -0.05) is 0 Å². The number of ether oxygens (including phenoxy) is 1. The second-order valence-electron chi connectivity index (χ2n) is 3.75. The molecule has 2 N–H and O–H groups in total. The quantitative estimate of drug-likeness (QED) is 0.781. The number of hydrogen-bond acceptors (Lipinski definition) is 3. The highest BCUT2D eigenvalue weighted by Gasteiger charge is 2.20. The molecule has 1 aliphatic heterocycles. The summed E-state index contributed by atoms with van der Waals surface area (Å²) in [5.74, 6) is -0.578. The first kappa shape index (κ1) is 10.2. The van der Waals surface area contributed by atoms with Crippen LogP contribution in [0.4, 0.5) is 4.39 Å². The molecule has 0 spiro atoms. The number of aromatic hydroxyl groups is 1. The molecule has 0 bridgehead atoms. The molecule has 1 saturated heterocycles. The summed E-state index contributed by atoms with van der Waals surface area (Å²) in [5.41, 5.74) is 0.927. The van der Waals surface area contributed by atoms with Gasteiger partial charge in [0.05, 0.1) is 7.11 Å². The molecule has 1 unspecified atom stereocenters. The van der Waals surface area contributed by atoms with Gasteiger partial charge in [-0.3, -0.25) is 0 Å². The Kier molecular flexibility index (Phi) is 2.77. The Morgan fingerprint density at radius 3 is 2.93 bits per heavy atom. The van der Waals surface area contributed by atoms with Crippen LogP contribution in [0.1, 0.15) is 17.9 Å². The zero-order valence-electron chi connectivity index (χ0n) is 8.59. The first-order chi connectivity index (χ1) is 7.22. The van der Waals surface area contributed by atoms with Crippen LogP contribution in [0.25, 0.3) is 0 Å². The summed E-state index contributed by atoms with van der Waals surface area (Å²) < 4.78 is 18.1. The summed E-state index contributed by atoms with van der Waals surface area (Å²) >= 11 is 0. The van der Waals surface area contributed by atoms with E-state index in [4.69, 9.17) is 4.74 Å². The molecule has 15 heavy (non-hydrogen) atoms.